The van der Waals surface area contributed by atoms with E-state index in [2.05, 4.69) is 30.3 Å². The molecule has 1 aliphatic rings. The average molecular weight is 188 g/mol. The summed E-state index contributed by atoms with van der Waals surface area (Å²) in [4.78, 5) is 0. The first-order valence-corrected chi connectivity index (χ1v) is 6.12. The molecule has 0 heterocycles. The van der Waals surface area contributed by atoms with Gasteiger partial charge in [0, 0.05) is 10.2 Å². The van der Waals surface area contributed by atoms with Gasteiger partial charge in [-0.3, -0.25) is 0 Å². The van der Waals surface area contributed by atoms with Gasteiger partial charge >= 0.3 is 0 Å². The van der Waals surface area contributed by atoms with Crippen LogP contribution in [-0.4, -0.2) is 10.2 Å². The molecule has 13 heavy (non-hydrogen) atoms. The Hall–Kier alpha value is -0.823. The highest BCUT2D eigenvalue weighted by Gasteiger charge is 2.05. The minimum atomic E-state index is 1.17. The summed E-state index contributed by atoms with van der Waals surface area (Å²) < 4.78 is 0. The van der Waals surface area contributed by atoms with Crippen molar-refractivity contribution in [1.29, 1.82) is 0 Å². The zero-order valence-electron chi connectivity index (χ0n) is 8.22. The van der Waals surface area contributed by atoms with Crippen molar-refractivity contribution in [3.8, 4) is 0 Å². The van der Waals surface area contributed by atoms with Gasteiger partial charge in [-0.05, 0) is 36.8 Å². The van der Waals surface area contributed by atoms with Crippen molar-refractivity contribution < 1.29 is 0 Å². The normalized spacial score (nSPS) is 17.1. The SMILES string of the molecule is [SiH3]c1cccc(C2=CCCCC2)c1. The van der Waals surface area contributed by atoms with Crippen LogP contribution in [0.1, 0.15) is 31.2 Å². The van der Waals surface area contributed by atoms with E-state index in [1.165, 1.54) is 46.7 Å². The van der Waals surface area contributed by atoms with Crippen molar-refractivity contribution in [1.82, 2.24) is 0 Å². The Kier molecular flexibility index (Phi) is 2.64. The van der Waals surface area contributed by atoms with Gasteiger partial charge in [-0.1, -0.05) is 35.5 Å². The molecule has 0 nitrogen and oxygen atoms in total. The standard InChI is InChI=1S/C12H16Si/c13-12-8-4-7-11(9-12)10-5-2-1-3-6-10/h4-5,7-9H,1-3,6H2,13H3. The first-order chi connectivity index (χ1) is 6.36. The minimum absolute atomic E-state index is 1.17. The molecule has 1 aliphatic carbocycles. The summed E-state index contributed by atoms with van der Waals surface area (Å²) >= 11 is 0. The Bertz CT molecular complexity index is 326. The van der Waals surface area contributed by atoms with E-state index in [-0.39, 0.29) is 0 Å². The molecular weight excluding hydrogens is 172 g/mol. The van der Waals surface area contributed by atoms with Gasteiger partial charge in [0.2, 0.25) is 0 Å². The van der Waals surface area contributed by atoms with Gasteiger partial charge in [0.1, 0.15) is 0 Å². The molecule has 2 rings (SSSR count). The maximum atomic E-state index is 2.42. The van der Waals surface area contributed by atoms with Crippen molar-refractivity contribution in [2.45, 2.75) is 25.7 Å². The Morgan fingerprint density at radius 3 is 2.77 bits per heavy atom. The van der Waals surface area contributed by atoms with Crippen LogP contribution >= 0.6 is 0 Å². The molecule has 0 spiro atoms. The second kappa shape index (κ2) is 3.92. The topological polar surface area (TPSA) is 0 Å². The zero-order chi connectivity index (χ0) is 9.10. The van der Waals surface area contributed by atoms with E-state index in [1.54, 1.807) is 5.57 Å². The summed E-state index contributed by atoms with van der Waals surface area (Å²) in [7, 11) is 1.17. The van der Waals surface area contributed by atoms with Gasteiger partial charge in [0.15, 0.2) is 0 Å². The van der Waals surface area contributed by atoms with Crippen LogP contribution in [0.3, 0.4) is 0 Å². The van der Waals surface area contributed by atoms with Crippen LogP contribution in [0.4, 0.5) is 0 Å². The predicted molar refractivity (Wildman–Crippen MR) is 62.5 cm³/mol. The van der Waals surface area contributed by atoms with Gasteiger partial charge in [0.25, 0.3) is 0 Å². The van der Waals surface area contributed by atoms with Crippen molar-refractivity contribution in [3.05, 3.63) is 35.9 Å². The summed E-state index contributed by atoms with van der Waals surface area (Å²) in [6, 6.07) is 9.01. The van der Waals surface area contributed by atoms with Crippen LogP contribution < -0.4 is 5.19 Å². The molecule has 0 saturated heterocycles. The van der Waals surface area contributed by atoms with Crippen molar-refractivity contribution in [2.75, 3.05) is 0 Å². The third kappa shape index (κ3) is 2.10. The lowest BCUT2D eigenvalue weighted by Gasteiger charge is -2.13. The second-order valence-corrected chi connectivity index (χ2v) is 5.00. The number of allylic oxidation sites excluding steroid dienone is 2. The smallest absolute Gasteiger partial charge is 0.0385 e. The number of rotatable bonds is 1. The Balaban J connectivity index is 2.29. The van der Waals surface area contributed by atoms with Crippen LogP contribution in [0, 0.1) is 0 Å². The molecule has 0 aliphatic heterocycles. The maximum absolute atomic E-state index is 2.42. The molecule has 1 aromatic carbocycles. The second-order valence-electron chi connectivity index (χ2n) is 3.84. The molecule has 0 radical (unpaired) electrons. The molecule has 1 aromatic rings. The van der Waals surface area contributed by atoms with E-state index < -0.39 is 0 Å². The molecule has 68 valence electrons. The van der Waals surface area contributed by atoms with Gasteiger partial charge in [0.05, 0.1) is 0 Å². The van der Waals surface area contributed by atoms with E-state index in [0.717, 1.165) is 0 Å². The van der Waals surface area contributed by atoms with E-state index in [9.17, 15) is 0 Å². The fraction of sp³-hybridized carbons (Fsp3) is 0.333. The van der Waals surface area contributed by atoms with Gasteiger partial charge in [-0.25, -0.2) is 0 Å². The summed E-state index contributed by atoms with van der Waals surface area (Å²) in [6.45, 7) is 0. The highest BCUT2D eigenvalue weighted by atomic mass is 28.1. The van der Waals surface area contributed by atoms with Crippen molar-refractivity contribution in [2.24, 2.45) is 0 Å². The predicted octanol–water partition coefficient (Wildman–Crippen LogP) is 1.63. The number of hydrogen-bond donors (Lipinski definition) is 0. The van der Waals surface area contributed by atoms with Gasteiger partial charge < -0.3 is 0 Å². The molecule has 0 unspecified atom stereocenters. The van der Waals surface area contributed by atoms with E-state index in [4.69, 9.17) is 0 Å². The van der Waals surface area contributed by atoms with Crippen LogP contribution in [0.5, 0.6) is 0 Å². The quantitative estimate of drug-likeness (QED) is 0.588. The van der Waals surface area contributed by atoms with Crippen molar-refractivity contribution >= 4 is 21.0 Å². The Morgan fingerprint density at radius 2 is 2.08 bits per heavy atom. The lowest BCUT2D eigenvalue weighted by atomic mass is 9.94. The summed E-state index contributed by atoms with van der Waals surface area (Å²) in [5.41, 5.74) is 3.04. The van der Waals surface area contributed by atoms with Crippen LogP contribution in [-0.2, 0) is 0 Å². The third-order valence-corrected chi connectivity index (χ3v) is 3.30. The molecule has 0 atom stereocenters. The molecule has 0 aromatic heterocycles. The Labute approximate surface area is 83.1 Å². The number of hydrogen-bond acceptors (Lipinski definition) is 0. The summed E-state index contributed by atoms with van der Waals surface area (Å²) in [5, 5.41) is 1.50. The maximum Gasteiger partial charge on any atom is 0.0385 e. The fourth-order valence-electron chi connectivity index (χ4n) is 1.95. The molecule has 0 fully saturated rings. The molecular formula is C12H16Si. The monoisotopic (exact) mass is 188 g/mol. The highest BCUT2D eigenvalue weighted by molar-refractivity contribution is 6.32. The summed E-state index contributed by atoms with van der Waals surface area (Å²) in [6.07, 6.45) is 7.73. The first kappa shape index (κ1) is 8.76. The number of benzene rings is 1. The molecule has 0 bridgehead atoms. The zero-order valence-corrected chi connectivity index (χ0v) is 10.2. The van der Waals surface area contributed by atoms with Crippen molar-refractivity contribution in [3.63, 3.8) is 0 Å². The average Bonchev–Trinajstić information content (AvgIpc) is 2.19. The van der Waals surface area contributed by atoms with Gasteiger partial charge in [-0.2, -0.15) is 0 Å². The van der Waals surface area contributed by atoms with E-state index in [0.29, 0.717) is 0 Å². The third-order valence-electron chi connectivity index (χ3n) is 2.68. The highest BCUT2D eigenvalue weighted by Crippen LogP contribution is 2.25. The van der Waals surface area contributed by atoms with Crippen LogP contribution in [0.2, 0.25) is 0 Å². The molecule has 0 saturated carbocycles. The lowest BCUT2D eigenvalue weighted by Crippen LogP contribution is -2.02. The lowest BCUT2D eigenvalue weighted by molar-refractivity contribution is 0.742. The molecule has 1 heteroatoms. The molecule has 0 amide bonds. The van der Waals surface area contributed by atoms with Crippen LogP contribution in [0.25, 0.3) is 5.57 Å². The minimum Gasteiger partial charge on any atom is -0.0807 e. The summed E-state index contributed by atoms with van der Waals surface area (Å²) in [5.74, 6) is 0. The Morgan fingerprint density at radius 1 is 1.15 bits per heavy atom. The largest absolute Gasteiger partial charge is 0.0807 e. The van der Waals surface area contributed by atoms with Crippen LogP contribution in [0.15, 0.2) is 30.3 Å². The van der Waals surface area contributed by atoms with Gasteiger partial charge in [-0.15, -0.1) is 0 Å². The molecule has 0 N–H and O–H groups in total. The van der Waals surface area contributed by atoms with E-state index >= 15 is 0 Å². The van der Waals surface area contributed by atoms with E-state index in [1.807, 2.05) is 0 Å². The fourth-order valence-corrected chi connectivity index (χ4v) is 2.45. The first-order valence-electron chi connectivity index (χ1n) is 5.12.